The molecule has 2 heterocycles. The van der Waals surface area contributed by atoms with Crippen LogP contribution in [0.1, 0.15) is 18.5 Å². The van der Waals surface area contributed by atoms with E-state index in [1.165, 1.54) is 12.8 Å². The molecular weight excluding hydrogens is 204 g/mol. The van der Waals surface area contributed by atoms with E-state index in [2.05, 4.69) is 21.8 Å². The monoisotopic (exact) mass is 222 g/mol. The molecule has 5 heteroatoms. The van der Waals surface area contributed by atoms with Crippen molar-refractivity contribution in [2.24, 2.45) is 5.92 Å². The zero-order valence-electron chi connectivity index (χ0n) is 9.65. The molecule has 1 aromatic heterocycles. The van der Waals surface area contributed by atoms with Crippen LogP contribution in [0.5, 0.6) is 0 Å². The van der Waals surface area contributed by atoms with Crippen LogP contribution in [0, 0.1) is 5.92 Å². The molecule has 16 heavy (non-hydrogen) atoms. The van der Waals surface area contributed by atoms with Crippen molar-refractivity contribution < 1.29 is 4.74 Å². The highest BCUT2D eigenvalue weighted by Crippen LogP contribution is 2.30. The first-order valence-corrected chi connectivity index (χ1v) is 5.95. The first-order chi connectivity index (χ1) is 7.80. The van der Waals surface area contributed by atoms with Crippen LogP contribution in [0.15, 0.2) is 6.20 Å². The summed E-state index contributed by atoms with van der Waals surface area (Å²) < 4.78 is 7.52. The Balaban J connectivity index is 1.62. The SMILES string of the molecule is COC1(Cc2cn(CC3CC3)nn2)CNC1. The first kappa shape index (κ1) is 10.2. The van der Waals surface area contributed by atoms with E-state index < -0.39 is 0 Å². The number of hydrogen-bond donors (Lipinski definition) is 1. The number of ether oxygens (including phenoxy) is 1. The maximum Gasteiger partial charge on any atom is 0.0982 e. The van der Waals surface area contributed by atoms with Gasteiger partial charge in [-0.05, 0) is 18.8 Å². The third-order valence-corrected chi connectivity index (χ3v) is 3.56. The number of nitrogens with zero attached hydrogens (tertiary/aromatic N) is 3. The fraction of sp³-hybridized carbons (Fsp3) is 0.818. The lowest BCUT2D eigenvalue weighted by molar-refractivity contribution is -0.0508. The fourth-order valence-electron chi connectivity index (χ4n) is 2.15. The van der Waals surface area contributed by atoms with E-state index in [-0.39, 0.29) is 5.60 Å². The Morgan fingerprint density at radius 2 is 2.38 bits per heavy atom. The first-order valence-electron chi connectivity index (χ1n) is 5.95. The molecule has 0 spiro atoms. The van der Waals surface area contributed by atoms with Crippen LogP contribution in [0.3, 0.4) is 0 Å². The number of methoxy groups -OCH3 is 1. The van der Waals surface area contributed by atoms with Gasteiger partial charge in [0, 0.05) is 39.4 Å². The van der Waals surface area contributed by atoms with Gasteiger partial charge in [0.1, 0.15) is 0 Å². The minimum Gasteiger partial charge on any atom is -0.375 e. The third-order valence-electron chi connectivity index (χ3n) is 3.56. The molecule has 0 aromatic carbocycles. The second kappa shape index (κ2) is 3.82. The van der Waals surface area contributed by atoms with Crippen LogP contribution in [-0.2, 0) is 17.7 Å². The van der Waals surface area contributed by atoms with Crippen molar-refractivity contribution in [1.29, 1.82) is 0 Å². The topological polar surface area (TPSA) is 52.0 Å². The van der Waals surface area contributed by atoms with Crippen LogP contribution in [0.2, 0.25) is 0 Å². The fourth-order valence-corrected chi connectivity index (χ4v) is 2.15. The summed E-state index contributed by atoms with van der Waals surface area (Å²) in [4.78, 5) is 0. The van der Waals surface area contributed by atoms with E-state index in [0.717, 1.165) is 37.7 Å². The van der Waals surface area contributed by atoms with E-state index in [1.54, 1.807) is 7.11 Å². The van der Waals surface area contributed by atoms with Crippen LogP contribution >= 0.6 is 0 Å². The second-order valence-corrected chi connectivity index (χ2v) is 5.04. The number of rotatable bonds is 5. The van der Waals surface area contributed by atoms with Gasteiger partial charge in [0.2, 0.25) is 0 Å². The van der Waals surface area contributed by atoms with Gasteiger partial charge in [-0.3, -0.25) is 4.68 Å². The van der Waals surface area contributed by atoms with E-state index in [4.69, 9.17) is 4.74 Å². The zero-order valence-corrected chi connectivity index (χ0v) is 9.65. The maximum absolute atomic E-state index is 5.54. The average Bonchev–Trinajstić information content (AvgIpc) is 2.92. The number of nitrogens with one attached hydrogen (secondary N) is 1. The summed E-state index contributed by atoms with van der Waals surface area (Å²) in [6.07, 6.45) is 5.63. The van der Waals surface area contributed by atoms with Gasteiger partial charge in [-0.1, -0.05) is 5.21 Å². The third kappa shape index (κ3) is 1.97. The highest BCUT2D eigenvalue weighted by atomic mass is 16.5. The molecule has 0 amide bonds. The Hall–Kier alpha value is -0.940. The summed E-state index contributed by atoms with van der Waals surface area (Å²) in [7, 11) is 1.77. The summed E-state index contributed by atoms with van der Waals surface area (Å²) >= 11 is 0. The Morgan fingerprint density at radius 3 is 2.94 bits per heavy atom. The summed E-state index contributed by atoms with van der Waals surface area (Å²) in [5.41, 5.74) is 1.00. The normalized spacial score (nSPS) is 23.1. The standard InChI is InChI=1S/C11H18N4O/c1-16-11(7-12-8-11)4-10-6-15(14-13-10)5-9-2-3-9/h6,9,12H,2-5,7-8H2,1H3. The van der Waals surface area contributed by atoms with E-state index in [9.17, 15) is 0 Å². The quantitative estimate of drug-likeness (QED) is 0.774. The lowest BCUT2D eigenvalue weighted by Gasteiger charge is -2.40. The predicted molar refractivity (Wildman–Crippen MR) is 59.1 cm³/mol. The van der Waals surface area contributed by atoms with Gasteiger partial charge in [0.15, 0.2) is 0 Å². The molecule has 2 aliphatic rings. The molecule has 3 rings (SSSR count). The van der Waals surface area contributed by atoms with Crippen LogP contribution in [0.25, 0.3) is 0 Å². The van der Waals surface area contributed by atoms with Crippen molar-refractivity contribution in [3.05, 3.63) is 11.9 Å². The van der Waals surface area contributed by atoms with Crippen molar-refractivity contribution in [1.82, 2.24) is 20.3 Å². The average molecular weight is 222 g/mol. The molecule has 1 aliphatic carbocycles. The predicted octanol–water partition coefficient (Wildman–Crippen LogP) is 0.219. The van der Waals surface area contributed by atoms with Gasteiger partial charge in [-0.15, -0.1) is 5.10 Å². The molecule has 88 valence electrons. The smallest absolute Gasteiger partial charge is 0.0982 e. The molecule has 0 radical (unpaired) electrons. The molecule has 1 aliphatic heterocycles. The van der Waals surface area contributed by atoms with Crippen molar-refractivity contribution in [2.75, 3.05) is 20.2 Å². The van der Waals surface area contributed by atoms with Crippen molar-refractivity contribution in [3.63, 3.8) is 0 Å². The lowest BCUT2D eigenvalue weighted by atomic mass is 9.91. The summed E-state index contributed by atoms with van der Waals surface area (Å²) in [6.45, 7) is 2.86. The van der Waals surface area contributed by atoms with Gasteiger partial charge in [-0.25, -0.2) is 0 Å². The Morgan fingerprint density at radius 1 is 1.56 bits per heavy atom. The summed E-state index contributed by atoms with van der Waals surface area (Å²) in [6, 6.07) is 0. The molecule has 1 saturated carbocycles. The van der Waals surface area contributed by atoms with Crippen molar-refractivity contribution >= 4 is 0 Å². The number of hydrogen-bond acceptors (Lipinski definition) is 4. The van der Waals surface area contributed by atoms with Crippen LogP contribution < -0.4 is 5.32 Å². The van der Waals surface area contributed by atoms with Crippen LogP contribution in [0.4, 0.5) is 0 Å². The van der Waals surface area contributed by atoms with E-state index in [0.29, 0.717) is 0 Å². The molecule has 1 aromatic rings. The molecule has 0 bridgehead atoms. The van der Waals surface area contributed by atoms with Gasteiger partial charge in [-0.2, -0.15) is 0 Å². The summed E-state index contributed by atoms with van der Waals surface area (Å²) in [5.74, 6) is 0.844. The summed E-state index contributed by atoms with van der Waals surface area (Å²) in [5, 5.41) is 11.6. The minimum atomic E-state index is -0.0412. The molecule has 1 N–H and O–H groups in total. The highest BCUT2D eigenvalue weighted by molar-refractivity contribution is 5.06. The number of aromatic nitrogens is 3. The van der Waals surface area contributed by atoms with Crippen LogP contribution in [-0.4, -0.2) is 40.8 Å². The maximum atomic E-state index is 5.54. The molecule has 5 nitrogen and oxygen atoms in total. The Labute approximate surface area is 95.2 Å². The second-order valence-electron chi connectivity index (χ2n) is 5.04. The van der Waals surface area contributed by atoms with Crippen molar-refractivity contribution in [2.45, 2.75) is 31.4 Å². The van der Waals surface area contributed by atoms with E-state index in [1.807, 2.05) is 4.68 Å². The molecule has 0 unspecified atom stereocenters. The van der Waals surface area contributed by atoms with Gasteiger partial charge in [0.25, 0.3) is 0 Å². The van der Waals surface area contributed by atoms with Crippen molar-refractivity contribution in [3.8, 4) is 0 Å². The Kier molecular flexibility index (Phi) is 2.44. The highest BCUT2D eigenvalue weighted by Gasteiger charge is 2.37. The zero-order chi connectivity index (χ0) is 11.0. The minimum absolute atomic E-state index is 0.0412. The molecular formula is C11H18N4O. The van der Waals surface area contributed by atoms with E-state index >= 15 is 0 Å². The van der Waals surface area contributed by atoms with Gasteiger partial charge >= 0.3 is 0 Å². The molecule has 2 fully saturated rings. The van der Waals surface area contributed by atoms with Gasteiger partial charge < -0.3 is 10.1 Å². The lowest BCUT2D eigenvalue weighted by Crippen LogP contribution is -2.61. The molecule has 0 atom stereocenters. The largest absolute Gasteiger partial charge is 0.375 e. The van der Waals surface area contributed by atoms with Gasteiger partial charge in [0.05, 0.1) is 11.3 Å². The Bertz CT molecular complexity index is 362. The molecule has 1 saturated heterocycles.